The van der Waals surface area contributed by atoms with Gasteiger partial charge in [0.25, 0.3) is 0 Å². The molecule has 5 aliphatic rings. The molecule has 4 aliphatic heterocycles. The van der Waals surface area contributed by atoms with Crippen LogP contribution in [0, 0.1) is 11.8 Å². The van der Waals surface area contributed by atoms with Gasteiger partial charge in [0, 0.05) is 11.8 Å². The molecule has 1 aliphatic carbocycles. The standard InChI is InChI=1S/C29H32O13/c1-11-36-9-20-27(40-11)24(31)25(32)29(41-20)42-26-14-7-17-16(38-10-39-17)6-13(14)21(22-15(26)8-37-28(22)33)12-4-18(34-2)23(30)19(5-12)35-3/h4-7,11,15,20-22,24-27,29-32H,8-10H2,1-3H3/t11-,15+,20-,21-,22?,24-,25-,26-,27-,29+/m1/s1. The molecule has 7 rings (SSSR count). The van der Waals surface area contributed by atoms with E-state index in [0.717, 1.165) is 0 Å². The maximum Gasteiger partial charge on any atom is 0.310 e. The van der Waals surface area contributed by atoms with E-state index in [2.05, 4.69) is 0 Å². The number of carbonyl (C=O) groups excluding carboxylic acids is 1. The molecule has 3 N–H and O–H groups in total. The first-order valence-corrected chi connectivity index (χ1v) is 13.8. The molecule has 4 heterocycles. The lowest BCUT2D eigenvalue weighted by atomic mass is 9.66. The first-order chi connectivity index (χ1) is 20.3. The molecule has 10 atom stereocenters. The summed E-state index contributed by atoms with van der Waals surface area (Å²) in [5.41, 5.74) is 2.01. The van der Waals surface area contributed by atoms with Crippen molar-refractivity contribution in [2.75, 3.05) is 34.2 Å². The number of cyclic esters (lactones) is 1. The van der Waals surface area contributed by atoms with Gasteiger partial charge in [0.15, 0.2) is 35.6 Å². The molecule has 0 radical (unpaired) electrons. The van der Waals surface area contributed by atoms with E-state index >= 15 is 0 Å². The van der Waals surface area contributed by atoms with Gasteiger partial charge in [0.1, 0.15) is 24.4 Å². The Morgan fingerprint density at radius 2 is 1.57 bits per heavy atom. The fourth-order valence-corrected chi connectivity index (χ4v) is 6.74. The van der Waals surface area contributed by atoms with Crippen LogP contribution in [0.4, 0.5) is 0 Å². The quantitative estimate of drug-likeness (QED) is 0.430. The third-order valence-electron chi connectivity index (χ3n) is 8.75. The lowest BCUT2D eigenvalue weighted by Crippen LogP contribution is -2.63. The van der Waals surface area contributed by atoms with Crippen LogP contribution in [0.3, 0.4) is 0 Å². The van der Waals surface area contributed by atoms with E-state index in [1.807, 2.05) is 0 Å². The number of hydrogen-bond donors (Lipinski definition) is 3. The van der Waals surface area contributed by atoms with Gasteiger partial charge in [0.2, 0.25) is 12.5 Å². The molecule has 226 valence electrons. The molecule has 0 aromatic heterocycles. The van der Waals surface area contributed by atoms with Crippen molar-refractivity contribution in [3.63, 3.8) is 0 Å². The number of aliphatic hydroxyl groups is 2. The first-order valence-electron chi connectivity index (χ1n) is 13.8. The molecular formula is C29H32O13. The van der Waals surface area contributed by atoms with Crippen molar-refractivity contribution in [2.24, 2.45) is 11.8 Å². The van der Waals surface area contributed by atoms with Crippen LogP contribution in [0.5, 0.6) is 28.7 Å². The van der Waals surface area contributed by atoms with E-state index in [1.54, 1.807) is 31.2 Å². The Morgan fingerprint density at radius 1 is 0.881 bits per heavy atom. The number of aromatic hydroxyl groups is 1. The van der Waals surface area contributed by atoms with Gasteiger partial charge in [-0.05, 0) is 47.9 Å². The number of fused-ring (bicyclic) bond motifs is 4. The van der Waals surface area contributed by atoms with Crippen LogP contribution in [0.1, 0.15) is 35.6 Å². The molecule has 0 amide bonds. The molecule has 2 aromatic rings. The zero-order valence-electron chi connectivity index (χ0n) is 23.1. The Bertz CT molecular complexity index is 1350. The smallest absolute Gasteiger partial charge is 0.310 e. The summed E-state index contributed by atoms with van der Waals surface area (Å²) in [7, 11) is 2.86. The maximum absolute atomic E-state index is 13.4. The topological polar surface area (TPSA) is 161 Å². The summed E-state index contributed by atoms with van der Waals surface area (Å²) in [5, 5.41) is 32.5. The van der Waals surface area contributed by atoms with Gasteiger partial charge in [-0.25, -0.2) is 0 Å². The van der Waals surface area contributed by atoms with E-state index in [0.29, 0.717) is 28.2 Å². The number of phenols is 1. The third kappa shape index (κ3) is 4.26. The van der Waals surface area contributed by atoms with Crippen molar-refractivity contribution in [3.8, 4) is 28.7 Å². The molecule has 42 heavy (non-hydrogen) atoms. The highest BCUT2D eigenvalue weighted by atomic mass is 16.8. The van der Waals surface area contributed by atoms with Gasteiger partial charge in [0.05, 0.1) is 39.5 Å². The summed E-state index contributed by atoms with van der Waals surface area (Å²) in [6.45, 7) is 1.93. The molecule has 0 bridgehead atoms. The highest BCUT2D eigenvalue weighted by molar-refractivity contribution is 5.79. The average Bonchev–Trinajstić information content (AvgIpc) is 3.61. The van der Waals surface area contributed by atoms with Crippen molar-refractivity contribution in [1.29, 1.82) is 0 Å². The Morgan fingerprint density at radius 3 is 2.26 bits per heavy atom. The number of aliphatic hydroxyl groups excluding tert-OH is 2. The molecular weight excluding hydrogens is 556 g/mol. The van der Waals surface area contributed by atoms with Crippen molar-refractivity contribution < 1.29 is 62.7 Å². The number of rotatable bonds is 5. The van der Waals surface area contributed by atoms with E-state index in [4.69, 9.17) is 42.6 Å². The van der Waals surface area contributed by atoms with Crippen LogP contribution in [0.25, 0.3) is 0 Å². The van der Waals surface area contributed by atoms with E-state index in [-0.39, 0.29) is 37.3 Å². The lowest BCUT2D eigenvalue weighted by molar-refractivity contribution is -0.364. The molecule has 3 fully saturated rings. The maximum atomic E-state index is 13.4. The molecule has 13 heteroatoms. The predicted molar refractivity (Wildman–Crippen MR) is 138 cm³/mol. The second-order valence-corrected chi connectivity index (χ2v) is 11.0. The van der Waals surface area contributed by atoms with Crippen LogP contribution in [0.2, 0.25) is 0 Å². The number of carbonyl (C=O) groups is 1. The average molecular weight is 589 g/mol. The Kier molecular flexibility index (Phi) is 6.83. The van der Waals surface area contributed by atoms with Gasteiger partial charge in [-0.1, -0.05) is 0 Å². The Hall–Kier alpha value is -3.33. The summed E-state index contributed by atoms with van der Waals surface area (Å²) in [5.74, 6) is -1.02. The molecule has 2 aromatic carbocycles. The van der Waals surface area contributed by atoms with Crippen molar-refractivity contribution in [3.05, 3.63) is 41.0 Å². The predicted octanol–water partition coefficient (Wildman–Crippen LogP) is 1.34. The Labute approximate surface area is 240 Å². The number of hydrogen-bond acceptors (Lipinski definition) is 13. The molecule has 0 saturated carbocycles. The van der Waals surface area contributed by atoms with Crippen molar-refractivity contribution in [1.82, 2.24) is 0 Å². The SMILES string of the molecule is COc1cc([C@@H]2c3cc4c(cc3[C@@H](O[C@@H]3O[C@@H]5CO[C@@H](C)O[C@H]5[C@H](O)[C@H]3O)[C@H]3COC(=O)C23)OCO4)cc(OC)c1O. The van der Waals surface area contributed by atoms with Crippen LogP contribution < -0.4 is 18.9 Å². The third-order valence-corrected chi connectivity index (χ3v) is 8.75. The molecule has 3 saturated heterocycles. The minimum atomic E-state index is -1.44. The molecule has 1 unspecified atom stereocenters. The van der Waals surface area contributed by atoms with E-state index in [1.165, 1.54) is 14.2 Å². The lowest BCUT2D eigenvalue weighted by Gasteiger charge is -2.47. The zero-order valence-corrected chi connectivity index (χ0v) is 23.1. The van der Waals surface area contributed by atoms with Gasteiger partial charge >= 0.3 is 5.97 Å². The second kappa shape index (κ2) is 10.4. The number of methoxy groups -OCH3 is 2. The minimum Gasteiger partial charge on any atom is -0.502 e. The first kappa shape index (κ1) is 27.5. The van der Waals surface area contributed by atoms with Crippen LogP contribution in [-0.2, 0) is 28.5 Å². The molecule has 13 nitrogen and oxygen atoms in total. The summed E-state index contributed by atoms with van der Waals surface area (Å²) in [6.07, 6.45) is -6.80. The highest BCUT2D eigenvalue weighted by Gasteiger charge is 2.56. The second-order valence-electron chi connectivity index (χ2n) is 11.0. The van der Waals surface area contributed by atoms with Crippen LogP contribution in [0.15, 0.2) is 24.3 Å². The fourth-order valence-electron chi connectivity index (χ4n) is 6.74. The highest BCUT2D eigenvalue weighted by Crippen LogP contribution is 2.57. The number of ether oxygens (including phenoxy) is 9. The van der Waals surface area contributed by atoms with E-state index in [9.17, 15) is 20.1 Å². The molecule has 0 spiro atoms. The van der Waals surface area contributed by atoms with Crippen molar-refractivity contribution >= 4 is 5.97 Å². The summed E-state index contributed by atoms with van der Waals surface area (Å²) in [4.78, 5) is 13.4. The normalized spacial score (nSPS) is 36.5. The van der Waals surface area contributed by atoms with Gasteiger partial charge in [-0.15, -0.1) is 0 Å². The van der Waals surface area contributed by atoms with Crippen LogP contribution >= 0.6 is 0 Å². The van der Waals surface area contributed by atoms with E-state index < -0.39 is 66.8 Å². The summed E-state index contributed by atoms with van der Waals surface area (Å²) < 4.78 is 51.5. The van der Waals surface area contributed by atoms with Gasteiger partial charge in [-0.3, -0.25) is 4.79 Å². The minimum absolute atomic E-state index is 0.0301. The number of phenolic OH excluding ortho intramolecular Hbond substituents is 1. The number of esters is 1. The van der Waals surface area contributed by atoms with Crippen molar-refractivity contribution in [2.45, 2.75) is 55.9 Å². The van der Waals surface area contributed by atoms with Crippen LogP contribution in [-0.4, -0.2) is 92.5 Å². The Balaban J connectivity index is 1.32. The van der Waals surface area contributed by atoms with Gasteiger partial charge < -0.3 is 58.0 Å². The zero-order chi connectivity index (χ0) is 29.3. The largest absolute Gasteiger partial charge is 0.502 e. The number of benzene rings is 2. The summed E-state index contributed by atoms with van der Waals surface area (Å²) in [6, 6.07) is 6.93. The monoisotopic (exact) mass is 588 g/mol. The fraction of sp³-hybridized carbons (Fsp3) is 0.552. The summed E-state index contributed by atoms with van der Waals surface area (Å²) >= 11 is 0. The van der Waals surface area contributed by atoms with Gasteiger partial charge in [-0.2, -0.15) is 0 Å².